The van der Waals surface area contributed by atoms with Crippen LogP contribution < -0.4 is 16.6 Å². The number of fused-ring (bicyclic) bond motifs is 1. The normalized spacial score (nSPS) is 13.9. The first-order chi connectivity index (χ1) is 22.4. The molecular formula is C34H31N11O. The minimum atomic E-state index is -0.0808. The van der Waals surface area contributed by atoms with Crippen molar-refractivity contribution in [3.8, 4) is 34.4 Å². The molecule has 1 aliphatic heterocycles. The summed E-state index contributed by atoms with van der Waals surface area (Å²) >= 11 is 0. The van der Waals surface area contributed by atoms with Crippen LogP contribution in [0.3, 0.4) is 0 Å². The summed E-state index contributed by atoms with van der Waals surface area (Å²) in [5.41, 5.74) is 12.0. The summed E-state index contributed by atoms with van der Waals surface area (Å²) in [5, 5.41) is 12.5. The second kappa shape index (κ2) is 12.2. The van der Waals surface area contributed by atoms with E-state index in [1.807, 2.05) is 34.9 Å². The number of aromatic nitrogens is 7. The molecule has 1 aliphatic rings. The van der Waals surface area contributed by atoms with Crippen LogP contribution in [0.5, 0.6) is 0 Å². The molecule has 228 valence electrons. The zero-order valence-corrected chi connectivity index (χ0v) is 25.2. The number of hydrogen-bond acceptors (Lipinski definition) is 10. The van der Waals surface area contributed by atoms with Gasteiger partial charge in [-0.3, -0.25) is 14.3 Å². The Hall–Kier alpha value is -5.93. The van der Waals surface area contributed by atoms with E-state index in [1.54, 1.807) is 48.4 Å². The van der Waals surface area contributed by atoms with Crippen LogP contribution in [0.1, 0.15) is 24.2 Å². The van der Waals surface area contributed by atoms with Crippen molar-refractivity contribution in [1.82, 2.24) is 39.0 Å². The van der Waals surface area contributed by atoms with Crippen molar-refractivity contribution in [1.29, 1.82) is 5.26 Å². The number of anilines is 2. The molecule has 0 saturated carbocycles. The Labute approximate surface area is 264 Å². The van der Waals surface area contributed by atoms with Gasteiger partial charge in [-0.2, -0.15) is 5.26 Å². The van der Waals surface area contributed by atoms with Crippen LogP contribution in [0.4, 0.5) is 11.6 Å². The van der Waals surface area contributed by atoms with Gasteiger partial charge in [-0.25, -0.2) is 24.9 Å². The highest BCUT2D eigenvalue weighted by Crippen LogP contribution is 2.32. The van der Waals surface area contributed by atoms with Crippen molar-refractivity contribution in [2.75, 3.05) is 24.1 Å². The highest BCUT2D eigenvalue weighted by molar-refractivity contribution is 5.84. The van der Waals surface area contributed by atoms with Crippen LogP contribution in [-0.2, 0) is 13.6 Å². The fourth-order valence-electron chi connectivity index (χ4n) is 5.84. The first kappa shape index (κ1) is 28.8. The maximum atomic E-state index is 12.0. The van der Waals surface area contributed by atoms with E-state index >= 15 is 0 Å². The Kier molecular flexibility index (Phi) is 7.66. The SMILES string of the molecule is Cn1cc(-c2ccc3nc(-c4cccnc4N)n(-c4ccc(CN5CCC(Nc6ccnc(C#N)n6)CC5)cc4)c3n2)ccc1=O. The van der Waals surface area contributed by atoms with Crippen molar-refractivity contribution < 1.29 is 0 Å². The molecular weight excluding hydrogens is 578 g/mol. The molecule has 46 heavy (non-hydrogen) atoms. The number of likely N-dealkylation sites (tertiary alicyclic amines) is 1. The van der Waals surface area contributed by atoms with E-state index in [4.69, 9.17) is 21.0 Å². The van der Waals surface area contributed by atoms with Gasteiger partial charge in [0.2, 0.25) is 11.4 Å². The van der Waals surface area contributed by atoms with Gasteiger partial charge in [0.15, 0.2) is 11.5 Å². The van der Waals surface area contributed by atoms with Crippen molar-refractivity contribution in [3.05, 3.63) is 107 Å². The summed E-state index contributed by atoms with van der Waals surface area (Å²) in [6.45, 7) is 2.73. The maximum Gasteiger partial charge on any atom is 0.250 e. The number of rotatable bonds is 7. The number of nitrogen functional groups attached to an aromatic ring is 1. The lowest BCUT2D eigenvalue weighted by molar-refractivity contribution is 0.211. The number of nitrogens with one attached hydrogen (secondary N) is 1. The molecule has 0 bridgehead atoms. The number of imidazole rings is 1. The topological polar surface area (TPSA) is 156 Å². The molecule has 1 saturated heterocycles. The Morgan fingerprint density at radius 1 is 0.957 bits per heavy atom. The van der Waals surface area contributed by atoms with Gasteiger partial charge in [-0.05, 0) is 66.9 Å². The fourth-order valence-corrected chi connectivity index (χ4v) is 5.84. The van der Waals surface area contributed by atoms with Gasteiger partial charge < -0.3 is 15.6 Å². The van der Waals surface area contributed by atoms with Gasteiger partial charge in [0.1, 0.15) is 23.2 Å². The predicted molar refractivity (Wildman–Crippen MR) is 176 cm³/mol. The first-order valence-corrected chi connectivity index (χ1v) is 15.0. The lowest BCUT2D eigenvalue weighted by Crippen LogP contribution is -2.38. The van der Waals surface area contributed by atoms with Crippen LogP contribution in [0.15, 0.2) is 90.1 Å². The second-order valence-electron chi connectivity index (χ2n) is 11.4. The van der Waals surface area contributed by atoms with E-state index in [1.165, 1.54) is 5.56 Å². The van der Waals surface area contributed by atoms with E-state index in [0.717, 1.165) is 60.5 Å². The average molecular weight is 610 g/mol. The standard InChI is InChI=1S/C34H31N11O/c1-43-21-23(6-11-31(43)46)27-9-10-28-34(40-27)45(33(41-28)26-3-2-15-38-32(26)36)25-7-4-22(5-8-25)20-44-17-13-24(14-18-44)39-29-12-16-37-30(19-35)42-29/h2-12,15-16,21,24H,13-14,17-18,20H2,1H3,(H2,36,38)(H,37,39,42). The first-order valence-electron chi connectivity index (χ1n) is 15.0. The smallest absolute Gasteiger partial charge is 0.250 e. The number of hydrogen-bond donors (Lipinski definition) is 2. The highest BCUT2D eigenvalue weighted by Gasteiger charge is 2.21. The predicted octanol–water partition coefficient (Wildman–Crippen LogP) is 4.17. The summed E-state index contributed by atoms with van der Waals surface area (Å²) in [4.78, 5) is 36.9. The molecule has 1 aromatic carbocycles. The monoisotopic (exact) mass is 609 g/mol. The summed E-state index contributed by atoms with van der Waals surface area (Å²) in [5.74, 6) is 1.90. The van der Waals surface area contributed by atoms with E-state index in [2.05, 4.69) is 49.4 Å². The Morgan fingerprint density at radius 3 is 2.54 bits per heavy atom. The molecule has 1 fully saturated rings. The number of pyridine rings is 3. The van der Waals surface area contributed by atoms with Crippen molar-refractivity contribution in [2.24, 2.45) is 7.05 Å². The number of nitrogens with two attached hydrogens (primary N) is 1. The van der Waals surface area contributed by atoms with Gasteiger partial charge in [0, 0.05) is 68.6 Å². The molecule has 0 radical (unpaired) electrons. The lowest BCUT2D eigenvalue weighted by atomic mass is 10.0. The largest absolute Gasteiger partial charge is 0.383 e. The minimum Gasteiger partial charge on any atom is -0.383 e. The number of benzene rings is 1. The maximum absolute atomic E-state index is 12.0. The molecule has 0 aliphatic carbocycles. The molecule has 0 unspecified atom stereocenters. The van der Waals surface area contributed by atoms with Gasteiger partial charge in [-0.15, -0.1) is 0 Å². The fraction of sp³-hybridized carbons (Fsp3) is 0.206. The van der Waals surface area contributed by atoms with Crippen molar-refractivity contribution in [3.63, 3.8) is 0 Å². The summed E-state index contributed by atoms with van der Waals surface area (Å²) in [7, 11) is 1.73. The molecule has 5 aromatic heterocycles. The van der Waals surface area contributed by atoms with Crippen LogP contribution in [-0.4, -0.2) is 58.1 Å². The van der Waals surface area contributed by atoms with E-state index in [9.17, 15) is 4.79 Å². The minimum absolute atomic E-state index is 0.0808. The molecule has 0 amide bonds. The zero-order chi connectivity index (χ0) is 31.6. The molecule has 3 N–H and O–H groups in total. The molecule has 6 aromatic rings. The third-order valence-electron chi connectivity index (χ3n) is 8.26. The summed E-state index contributed by atoms with van der Waals surface area (Å²) in [6, 6.07) is 23.5. The van der Waals surface area contributed by atoms with E-state index < -0.39 is 0 Å². The molecule has 7 rings (SSSR count). The Morgan fingerprint density at radius 2 is 1.78 bits per heavy atom. The third kappa shape index (κ3) is 5.79. The van der Waals surface area contributed by atoms with Gasteiger partial charge >= 0.3 is 0 Å². The quantitative estimate of drug-likeness (QED) is 0.269. The second-order valence-corrected chi connectivity index (χ2v) is 11.4. The lowest BCUT2D eigenvalue weighted by Gasteiger charge is -2.32. The molecule has 12 heteroatoms. The van der Waals surface area contributed by atoms with Crippen molar-refractivity contribution in [2.45, 2.75) is 25.4 Å². The van der Waals surface area contributed by atoms with Gasteiger partial charge in [-0.1, -0.05) is 12.1 Å². The summed E-state index contributed by atoms with van der Waals surface area (Å²) < 4.78 is 3.56. The Balaban J connectivity index is 1.14. The Bertz CT molecular complexity index is 2140. The number of nitriles is 1. The average Bonchev–Trinajstić information content (AvgIpc) is 3.46. The van der Waals surface area contributed by atoms with Crippen LogP contribution >= 0.6 is 0 Å². The highest BCUT2D eigenvalue weighted by atomic mass is 16.1. The molecule has 0 spiro atoms. The molecule has 6 heterocycles. The summed E-state index contributed by atoms with van der Waals surface area (Å²) in [6.07, 6.45) is 7.01. The van der Waals surface area contributed by atoms with Crippen LogP contribution in [0.2, 0.25) is 0 Å². The van der Waals surface area contributed by atoms with Gasteiger partial charge in [0.25, 0.3) is 0 Å². The molecule has 0 atom stereocenters. The zero-order valence-electron chi connectivity index (χ0n) is 25.2. The number of nitrogens with zero attached hydrogens (tertiary/aromatic N) is 9. The number of aryl methyl sites for hydroxylation is 1. The van der Waals surface area contributed by atoms with E-state index in [0.29, 0.717) is 29.1 Å². The van der Waals surface area contributed by atoms with E-state index in [-0.39, 0.29) is 11.4 Å². The number of piperidine rings is 1. The van der Waals surface area contributed by atoms with Crippen LogP contribution in [0, 0.1) is 11.3 Å². The molecule has 12 nitrogen and oxygen atoms in total. The van der Waals surface area contributed by atoms with Crippen LogP contribution in [0.25, 0.3) is 39.5 Å². The van der Waals surface area contributed by atoms with Gasteiger partial charge in [0.05, 0.1) is 11.3 Å². The van der Waals surface area contributed by atoms with Crippen molar-refractivity contribution >= 4 is 22.8 Å². The third-order valence-corrected chi connectivity index (χ3v) is 8.26.